The maximum Gasteiger partial charge on any atom is 0.328 e. The number of piperazine rings is 1. The van der Waals surface area contributed by atoms with Crippen molar-refractivity contribution in [2.24, 2.45) is 5.92 Å². The van der Waals surface area contributed by atoms with Crippen LogP contribution in [0.25, 0.3) is 0 Å². The second kappa shape index (κ2) is 10.2. The van der Waals surface area contributed by atoms with Crippen LogP contribution >= 0.6 is 0 Å². The van der Waals surface area contributed by atoms with Gasteiger partial charge in [-0.2, -0.15) is 5.26 Å². The molecule has 9 nitrogen and oxygen atoms in total. The molecule has 4 atom stereocenters. The molecule has 0 aromatic heterocycles. The number of hydrogen-bond donors (Lipinski definition) is 3. The fraction of sp³-hybridized carbons (Fsp3) is 0.450. The molecule has 2 rings (SSSR count). The van der Waals surface area contributed by atoms with Crippen molar-refractivity contribution in [3.8, 4) is 6.07 Å². The van der Waals surface area contributed by atoms with E-state index in [1.165, 1.54) is 7.11 Å². The summed E-state index contributed by atoms with van der Waals surface area (Å²) in [5, 5.41) is 16.6. The highest BCUT2D eigenvalue weighted by Gasteiger charge is 2.35. The zero-order valence-electron chi connectivity index (χ0n) is 16.3. The van der Waals surface area contributed by atoms with Crippen LogP contribution in [-0.2, 0) is 30.3 Å². The molecule has 1 fully saturated rings. The summed E-state index contributed by atoms with van der Waals surface area (Å²) in [5.41, 5.74) is 0.900. The average molecular weight is 400 g/mol. The smallest absolute Gasteiger partial charge is 0.328 e. The Kier molecular flexibility index (Phi) is 7.71. The van der Waals surface area contributed by atoms with Gasteiger partial charge in [0.05, 0.1) is 19.6 Å². The monoisotopic (exact) mass is 400 g/mol. The molecule has 1 aliphatic heterocycles. The number of esters is 1. The molecule has 154 valence electrons. The number of amides is 3. The molecule has 0 unspecified atom stereocenters. The van der Waals surface area contributed by atoms with Crippen LogP contribution in [0.4, 0.5) is 0 Å². The third-order valence-electron chi connectivity index (χ3n) is 4.57. The molecule has 0 bridgehead atoms. The van der Waals surface area contributed by atoms with E-state index < -0.39 is 41.8 Å². The molecule has 1 aromatic carbocycles. The Balaban J connectivity index is 1.93. The molecule has 0 spiro atoms. The van der Waals surface area contributed by atoms with Gasteiger partial charge in [-0.15, -0.1) is 0 Å². The molecule has 3 N–H and O–H groups in total. The molecule has 0 saturated carbocycles. The number of hydrogen-bond acceptors (Lipinski definition) is 6. The van der Waals surface area contributed by atoms with E-state index in [9.17, 15) is 19.2 Å². The van der Waals surface area contributed by atoms with Crippen molar-refractivity contribution in [1.29, 1.82) is 5.26 Å². The summed E-state index contributed by atoms with van der Waals surface area (Å²) in [5.74, 6) is -2.61. The number of nitrogens with one attached hydrogen (secondary N) is 3. The first kappa shape index (κ1) is 21.9. The van der Waals surface area contributed by atoms with Crippen LogP contribution in [0.15, 0.2) is 30.3 Å². The molecular formula is C20H24N4O5. The fourth-order valence-corrected chi connectivity index (χ4v) is 3.01. The Hall–Kier alpha value is -3.41. The SMILES string of the molecule is COC(=O)[C@H](C[C@@H](C)C#N)NC(=O)C[C@@H]1NC(=O)[C@H](Cc2ccccc2)NC1=O. The van der Waals surface area contributed by atoms with Gasteiger partial charge in [0.15, 0.2) is 0 Å². The number of nitriles is 1. The Labute approximate surface area is 168 Å². The summed E-state index contributed by atoms with van der Waals surface area (Å²) in [6, 6.07) is 8.48. The number of nitrogens with zero attached hydrogens (tertiary/aromatic N) is 1. The van der Waals surface area contributed by atoms with E-state index in [1.54, 1.807) is 6.92 Å². The normalized spacial score (nSPS) is 20.4. The van der Waals surface area contributed by atoms with Crippen LogP contribution in [0.1, 0.15) is 25.3 Å². The van der Waals surface area contributed by atoms with Crippen LogP contribution in [-0.4, -0.2) is 48.9 Å². The Morgan fingerprint density at radius 2 is 1.79 bits per heavy atom. The van der Waals surface area contributed by atoms with Gasteiger partial charge in [0, 0.05) is 12.3 Å². The van der Waals surface area contributed by atoms with Gasteiger partial charge in [-0.3, -0.25) is 14.4 Å². The zero-order chi connectivity index (χ0) is 21.4. The first-order valence-electron chi connectivity index (χ1n) is 9.25. The summed E-state index contributed by atoms with van der Waals surface area (Å²) in [4.78, 5) is 48.8. The van der Waals surface area contributed by atoms with E-state index in [4.69, 9.17) is 5.26 Å². The van der Waals surface area contributed by atoms with Crippen LogP contribution in [0.3, 0.4) is 0 Å². The summed E-state index contributed by atoms with van der Waals surface area (Å²) < 4.78 is 4.65. The quantitative estimate of drug-likeness (QED) is 0.517. The predicted molar refractivity (Wildman–Crippen MR) is 102 cm³/mol. The molecule has 0 radical (unpaired) electrons. The maximum atomic E-state index is 12.3. The minimum atomic E-state index is -1.04. The van der Waals surface area contributed by atoms with Gasteiger partial charge in [0.25, 0.3) is 0 Å². The number of benzene rings is 1. The topological polar surface area (TPSA) is 137 Å². The van der Waals surface area contributed by atoms with Crippen LogP contribution in [0.5, 0.6) is 0 Å². The lowest BCUT2D eigenvalue weighted by atomic mass is 10.00. The average Bonchev–Trinajstić information content (AvgIpc) is 2.71. The molecule has 3 amide bonds. The molecule has 1 saturated heterocycles. The second-order valence-electron chi connectivity index (χ2n) is 6.93. The highest BCUT2D eigenvalue weighted by Crippen LogP contribution is 2.10. The van der Waals surface area contributed by atoms with Gasteiger partial charge in [-0.1, -0.05) is 30.3 Å². The van der Waals surface area contributed by atoms with E-state index in [0.717, 1.165) is 5.56 Å². The molecule has 0 aliphatic carbocycles. The van der Waals surface area contributed by atoms with Crippen molar-refractivity contribution in [3.63, 3.8) is 0 Å². The van der Waals surface area contributed by atoms with Gasteiger partial charge in [0.1, 0.15) is 18.1 Å². The highest BCUT2D eigenvalue weighted by molar-refractivity contribution is 5.99. The Morgan fingerprint density at radius 1 is 1.17 bits per heavy atom. The number of carbonyl (C=O) groups is 4. The van der Waals surface area contributed by atoms with E-state index >= 15 is 0 Å². The first-order chi connectivity index (χ1) is 13.8. The molecule has 1 aromatic rings. The lowest BCUT2D eigenvalue weighted by Gasteiger charge is -2.29. The van der Waals surface area contributed by atoms with E-state index in [0.29, 0.717) is 6.42 Å². The molecular weight excluding hydrogens is 376 g/mol. The summed E-state index contributed by atoms with van der Waals surface area (Å²) in [6.07, 6.45) is 0.0924. The Bertz CT molecular complexity index is 805. The van der Waals surface area contributed by atoms with Crippen molar-refractivity contribution < 1.29 is 23.9 Å². The van der Waals surface area contributed by atoms with E-state index in [-0.39, 0.29) is 18.7 Å². The first-order valence-corrected chi connectivity index (χ1v) is 9.25. The number of methoxy groups -OCH3 is 1. The largest absolute Gasteiger partial charge is 0.467 e. The number of carbonyl (C=O) groups excluding carboxylic acids is 4. The third kappa shape index (κ3) is 6.31. The third-order valence-corrected chi connectivity index (χ3v) is 4.57. The van der Waals surface area contributed by atoms with E-state index in [1.807, 2.05) is 36.4 Å². The molecule has 29 heavy (non-hydrogen) atoms. The molecule has 9 heteroatoms. The van der Waals surface area contributed by atoms with Crippen molar-refractivity contribution in [2.75, 3.05) is 7.11 Å². The fourth-order valence-electron chi connectivity index (χ4n) is 3.01. The number of rotatable bonds is 8. The zero-order valence-corrected chi connectivity index (χ0v) is 16.3. The molecule has 1 heterocycles. The van der Waals surface area contributed by atoms with E-state index in [2.05, 4.69) is 20.7 Å². The standard InChI is InChI=1S/C20H24N4O5/c1-12(11-21)8-16(20(28)29-2)22-17(25)10-15-19(27)23-14(18(26)24-15)9-13-6-4-3-5-7-13/h3-7,12,14-16H,8-10H2,1-2H3,(H,22,25)(H,23,27)(H,24,26)/t12-,14+,15+,16+/m1/s1. The van der Waals surface area contributed by atoms with Gasteiger partial charge >= 0.3 is 5.97 Å². The summed E-state index contributed by atoms with van der Waals surface area (Å²) >= 11 is 0. The van der Waals surface area contributed by atoms with Crippen molar-refractivity contribution in [3.05, 3.63) is 35.9 Å². The van der Waals surface area contributed by atoms with Crippen molar-refractivity contribution in [1.82, 2.24) is 16.0 Å². The number of ether oxygens (including phenoxy) is 1. The van der Waals surface area contributed by atoms with Crippen molar-refractivity contribution >= 4 is 23.7 Å². The summed E-state index contributed by atoms with van der Waals surface area (Å²) in [6.45, 7) is 1.61. The minimum Gasteiger partial charge on any atom is -0.467 e. The lowest BCUT2D eigenvalue weighted by Crippen LogP contribution is -2.63. The van der Waals surface area contributed by atoms with Crippen molar-refractivity contribution in [2.45, 2.75) is 44.3 Å². The Morgan fingerprint density at radius 3 is 2.41 bits per heavy atom. The highest BCUT2D eigenvalue weighted by atomic mass is 16.5. The van der Waals surface area contributed by atoms with Gasteiger partial charge < -0.3 is 20.7 Å². The summed E-state index contributed by atoms with van der Waals surface area (Å²) in [7, 11) is 1.18. The maximum absolute atomic E-state index is 12.3. The lowest BCUT2D eigenvalue weighted by molar-refractivity contribution is -0.146. The van der Waals surface area contributed by atoms with Crippen LogP contribution < -0.4 is 16.0 Å². The second-order valence-corrected chi connectivity index (χ2v) is 6.93. The van der Waals surface area contributed by atoms with Crippen LogP contribution in [0.2, 0.25) is 0 Å². The van der Waals surface area contributed by atoms with Gasteiger partial charge in [0.2, 0.25) is 17.7 Å². The predicted octanol–water partition coefficient (Wildman–Crippen LogP) is -0.190. The van der Waals surface area contributed by atoms with Crippen LogP contribution in [0, 0.1) is 17.2 Å². The molecule has 1 aliphatic rings. The van der Waals surface area contributed by atoms with Gasteiger partial charge in [-0.05, 0) is 18.9 Å². The minimum absolute atomic E-state index is 0.0806. The van der Waals surface area contributed by atoms with Gasteiger partial charge in [-0.25, -0.2) is 4.79 Å².